The van der Waals surface area contributed by atoms with E-state index in [1.807, 2.05) is 57.7 Å². The van der Waals surface area contributed by atoms with Gasteiger partial charge < -0.3 is 19.3 Å². The molecule has 1 N–H and O–H groups in total. The first kappa shape index (κ1) is 26.9. The van der Waals surface area contributed by atoms with E-state index in [2.05, 4.69) is 12.1 Å². The third-order valence-corrected chi connectivity index (χ3v) is 4.92. The number of carbonyl (C=O) groups excluding carboxylic acids is 1. The molecule has 0 spiro atoms. The van der Waals surface area contributed by atoms with Crippen LogP contribution in [0.3, 0.4) is 0 Å². The normalized spacial score (nSPS) is 18.4. The average Bonchev–Trinajstić information content (AvgIpc) is 3.09. The summed E-state index contributed by atoms with van der Waals surface area (Å²) < 4.78 is 15.4. The van der Waals surface area contributed by atoms with Crippen LogP contribution in [0.2, 0.25) is 0 Å². The molecule has 1 aliphatic rings. The number of hydrogen-bond acceptors (Lipinski definition) is 6. The highest BCUT2D eigenvalue weighted by Gasteiger charge is 2.30. The summed E-state index contributed by atoms with van der Waals surface area (Å²) in [6, 6.07) is 10.3. The molecule has 1 unspecified atom stereocenters. The van der Waals surface area contributed by atoms with Gasteiger partial charge in [-0.15, -0.1) is 11.8 Å². The number of benzene rings is 1. The van der Waals surface area contributed by atoms with Crippen LogP contribution < -0.4 is 0 Å². The molecule has 2 rings (SSSR count). The van der Waals surface area contributed by atoms with E-state index in [0.29, 0.717) is 25.6 Å². The number of hydrogen-bond donors (Lipinski definition) is 1. The lowest BCUT2D eigenvalue weighted by Crippen LogP contribution is -2.23. The highest BCUT2D eigenvalue weighted by Crippen LogP contribution is 2.30. The fraction of sp³-hybridized carbons (Fsp3) is 0.682. The molecule has 0 amide bonds. The summed E-state index contributed by atoms with van der Waals surface area (Å²) in [4.78, 5) is 12.8. The van der Waals surface area contributed by atoms with Gasteiger partial charge in [-0.3, -0.25) is 4.79 Å². The molecule has 1 aliphatic heterocycles. The van der Waals surface area contributed by atoms with E-state index in [4.69, 9.17) is 19.3 Å². The molecule has 1 heterocycles. The number of thioether (sulfide) groups is 1. The Labute approximate surface area is 175 Å². The van der Waals surface area contributed by atoms with E-state index < -0.39 is 5.79 Å². The first-order valence-corrected chi connectivity index (χ1v) is 11.2. The molecule has 0 bridgehead atoms. The second kappa shape index (κ2) is 15.8. The first-order valence-electron chi connectivity index (χ1n) is 10.2. The zero-order valence-electron chi connectivity index (χ0n) is 18.3. The van der Waals surface area contributed by atoms with E-state index in [1.54, 1.807) is 13.8 Å². The number of esters is 1. The molecule has 0 aliphatic carbocycles. The Morgan fingerprint density at radius 3 is 2.36 bits per heavy atom. The Kier molecular flexibility index (Phi) is 15.2. The average molecular weight is 415 g/mol. The van der Waals surface area contributed by atoms with Crippen LogP contribution in [0.1, 0.15) is 54.4 Å². The molecule has 1 aromatic rings. The van der Waals surface area contributed by atoms with Crippen molar-refractivity contribution in [1.29, 1.82) is 0 Å². The van der Waals surface area contributed by atoms with Crippen molar-refractivity contribution in [2.24, 2.45) is 5.92 Å². The summed E-state index contributed by atoms with van der Waals surface area (Å²) in [6.07, 6.45) is 1.44. The number of aliphatic hydroxyl groups is 1. The summed E-state index contributed by atoms with van der Waals surface area (Å²) in [5, 5.41) is 8.80. The van der Waals surface area contributed by atoms with Crippen LogP contribution in [0, 0.1) is 5.92 Å². The highest BCUT2D eigenvalue weighted by atomic mass is 32.2. The highest BCUT2D eigenvalue weighted by molar-refractivity contribution is 7.99. The summed E-state index contributed by atoms with van der Waals surface area (Å²) in [5.74, 6) is 0.335. The third-order valence-electron chi connectivity index (χ3n) is 3.72. The lowest BCUT2D eigenvalue weighted by atomic mass is 10.0. The van der Waals surface area contributed by atoms with Crippen molar-refractivity contribution < 1.29 is 24.1 Å². The molecule has 5 nitrogen and oxygen atoms in total. The smallest absolute Gasteiger partial charge is 0.308 e. The van der Waals surface area contributed by atoms with Gasteiger partial charge in [0.25, 0.3) is 0 Å². The lowest BCUT2D eigenvalue weighted by Gasteiger charge is -2.17. The van der Waals surface area contributed by atoms with Crippen molar-refractivity contribution in [2.75, 3.05) is 25.6 Å². The van der Waals surface area contributed by atoms with Crippen molar-refractivity contribution in [3.05, 3.63) is 30.3 Å². The van der Waals surface area contributed by atoms with Crippen molar-refractivity contribution in [2.45, 2.75) is 71.2 Å². The second-order valence-corrected chi connectivity index (χ2v) is 7.56. The summed E-state index contributed by atoms with van der Waals surface area (Å²) >= 11 is 1.83. The molecule has 2 atom stereocenters. The Hall–Kier alpha value is -1.08. The van der Waals surface area contributed by atoms with E-state index in [-0.39, 0.29) is 12.1 Å². The van der Waals surface area contributed by atoms with Crippen LogP contribution in [0.4, 0.5) is 0 Å². The molecule has 0 aromatic heterocycles. The maximum absolute atomic E-state index is 11.5. The van der Waals surface area contributed by atoms with E-state index in [9.17, 15) is 4.79 Å². The van der Waals surface area contributed by atoms with E-state index >= 15 is 0 Å². The standard InChI is InChI=1S/C15H20O3S.C5H12O2.C2H6/c1-2-17-15(16)10-14-12(8-9-18-14)11-19-13-6-4-3-5-7-13;1-4-7-5(2,3)6;1-2/h3-7,12,14H,2,8-11H2,1H3;6H,4H2,1-3H3;1-2H3/t12-,14?;;/m0../s1. The number of ether oxygens (including phenoxy) is 3. The van der Waals surface area contributed by atoms with Crippen molar-refractivity contribution in [3.63, 3.8) is 0 Å². The Balaban J connectivity index is 0.000000688. The minimum absolute atomic E-state index is 0.0234. The van der Waals surface area contributed by atoms with Crippen LogP contribution in [0.15, 0.2) is 35.2 Å². The van der Waals surface area contributed by atoms with Gasteiger partial charge in [0, 0.05) is 23.9 Å². The second-order valence-electron chi connectivity index (χ2n) is 6.47. The molecule has 0 radical (unpaired) electrons. The third kappa shape index (κ3) is 13.2. The van der Waals surface area contributed by atoms with Gasteiger partial charge in [-0.2, -0.15) is 0 Å². The Morgan fingerprint density at radius 2 is 1.86 bits per heavy atom. The molecule has 1 saturated heterocycles. The largest absolute Gasteiger partial charge is 0.466 e. The minimum atomic E-state index is -0.950. The number of carbonyl (C=O) groups is 1. The van der Waals surface area contributed by atoms with Gasteiger partial charge in [0.2, 0.25) is 0 Å². The van der Waals surface area contributed by atoms with E-state index in [1.165, 1.54) is 4.90 Å². The maximum atomic E-state index is 11.5. The van der Waals surface area contributed by atoms with Crippen LogP contribution in [0.25, 0.3) is 0 Å². The van der Waals surface area contributed by atoms with Gasteiger partial charge >= 0.3 is 5.97 Å². The molecule has 1 aromatic carbocycles. The zero-order valence-corrected chi connectivity index (χ0v) is 19.1. The molecule has 0 saturated carbocycles. The Bertz CT molecular complexity index is 501. The topological polar surface area (TPSA) is 65.0 Å². The van der Waals surface area contributed by atoms with E-state index in [0.717, 1.165) is 18.8 Å². The lowest BCUT2D eigenvalue weighted by molar-refractivity contribution is -0.172. The van der Waals surface area contributed by atoms with Gasteiger partial charge in [0.1, 0.15) is 0 Å². The van der Waals surface area contributed by atoms with Crippen molar-refractivity contribution >= 4 is 17.7 Å². The van der Waals surface area contributed by atoms with Crippen LogP contribution in [0.5, 0.6) is 0 Å². The van der Waals surface area contributed by atoms with Gasteiger partial charge in [0.05, 0.1) is 19.1 Å². The van der Waals surface area contributed by atoms with Gasteiger partial charge in [0.15, 0.2) is 5.79 Å². The van der Waals surface area contributed by atoms with Crippen LogP contribution in [-0.4, -0.2) is 48.5 Å². The fourth-order valence-electron chi connectivity index (χ4n) is 2.57. The summed E-state index contributed by atoms with van der Waals surface area (Å²) in [7, 11) is 0. The molecule has 1 fully saturated rings. The summed E-state index contributed by atoms with van der Waals surface area (Å²) in [5.41, 5.74) is 0. The van der Waals surface area contributed by atoms with Gasteiger partial charge in [-0.25, -0.2) is 0 Å². The minimum Gasteiger partial charge on any atom is -0.466 e. The molecule has 28 heavy (non-hydrogen) atoms. The first-order chi connectivity index (χ1) is 13.4. The predicted molar refractivity (Wildman–Crippen MR) is 116 cm³/mol. The fourth-order valence-corrected chi connectivity index (χ4v) is 3.70. The molecular formula is C22H38O5S. The zero-order chi connectivity index (χ0) is 21.4. The molecular weight excluding hydrogens is 376 g/mol. The predicted octanol–water partition coefficient (Wildman–Crippen LogP) is 4.91. The van der Waals surface area contributed by atoms with Crippen LogP contribution >= 0.6 is 11.8 Å². The number of rotatable bonds is 8. The summed E-state index contributed by atoms with van der Waals surface area (Å²) in [6.45, 7) is 12.6. The maximum Gasteiger partial charge on any atom is 0.308 e. The van der Waals surface area contributed by atoms with Crippen molar-refractivity contribution in [3.8, 4) is 0 Å². The SMILES string of the molecule is CC.CCOC(=O)CC1OCC[C@H]1CSc1ccccc1.CCOC(C)(C)O. The quantitative estimate of drug-likeness (QED) is 0.370. The van der Waals surface area contributed by atoms with Gasteiger partial charge in [-0.1, -0.05) is 32.0 Å². The molecule has 6 heteroatoms. The molecule has 162 valence electrons. The van der Waals surface area contributed by atoms with Crippen molar-refractivity contribution in [1.82, 2.24) is 0 Å². The Morgan fingerprint density at radius 1 is 1.21 bits per heavy atom. The van der Waals surface area contributed by atoms with Gasteiger partial charge in [-0.05, 0) is 52.2 Å². The monoisotopic (exact) mass is 414 g/mol. The van der Waals surface area contributed by atoms with Crippen LogP contribution in [-0.2, 0) is 19.0 Å².